The van der Waals surface area contributed by atoms with Crippen LogP contribution in [-0.4, -0.2) is 11.4 Å². The smallest absolute Gasteiger partial charge is 0.127 e. The third kappa shape index (κ3) is 2.58. The van der Waals surface area contributed by atoms with Gasteiger partial charge in [0.25, 0.3) is 0 Å². The Hall–Kier alpha value is -1.31. The predicted molar refractivity (Wildman–Crippen MR) is 55.6 cm³/mol. The van der Waals surface area contributed by atoms with E-state index >= 15 is 0 Å². The summed E-state index contributed by atoms with van der Waals surface area (Å²) in [6.45, 7) is 1.85. The van der Waals surface area contributed by atoms with Crippen molar-refractivity contribution in [2.75, 3.05) is 0 Å². The molecule has 0 saturated heterocycles. The Morgan fingerprint density at radius 3 is 2.54 bits per heavy atom. The van der Waals surface area contributed by atoms with E-state index in [0.717, 1.165) is 17.5 Å². The summed E-state index contributed by atoms with van der Waals surface area (Å²) in [5.41, 5.74) is 1.75. The van der Waals surface area contributed by atoms with E-state index in [2.05, 4.69) is 22.4 Å². The van der Waals surface area contributed by atoms with Crippen molar-refractivity contribution >= 4 is 29.4 Å². The van der Waals surface area contributed by atoms with E-state index in [0.29, 0.717) is 0 Å². The fourth-order valence-corrected chi connectivity index (χ4v) is 1.09. The van der Waals surface area contributed by atoms with Crippen molar-refractivity contribution in [3.05, 3.63) is 29.8 Å². The second-order valence-electron chi connectivity index (χ2n) is 2.72. The number of thiocarbonyl (C=S) groups is 1. The summed E-state index contributed by atoms with van der Waals surface area (Å²) in [6, 6.07) is 7.36. The molecule has 0 bridgehead atoms. The molecule has 1 atom stereocenters. The van der Waals surface area contributed by atoms with Crippen LogP contribution in [0.2, 0.25) is 0 Å². The molecular formula is C10H9NOS. The van der Waals surface area contributed by atoms with Gasteiger partial charge in [0.05, 0.1) is 10.8 Å². The highest BCUT2D eigenvalue weighted by Crippen LogP contribution is 2.17. The van der Waals surface area contributed by atoms with Gasteiger partial charge in [-0.25, -0.2) is 0 Å². The molecule has 0 aliphatic rings. The molecule has 0 aliphatic heterocycles. The number of isothiocyanates is 1. The van der Waals surface area contributed by atoms with Gasteiger partial charge in [-0.05, 0) is 29.9 Å². The molecule has 1 aromatic rings. The zero-order valence-corrected chi connectivity index (χ0v) is 8.04. The Morgan fingerprint density at radius 2 is 2.08 bits per heavy atom. The molecule has 3 heteroatoms. The van der Waals surface area contributed by atoms with Crippen molar-refractivity contribution in [1.29, 1.82) is 0 Å². The molecule has 66 valence electrons. The van der Waals surface area contributed by atoms with E-state index in [1.807, 2.05) is 31.2 Å². The molecule has 0 heterocycles. The van der Waals surface area contributed by atoms with E-state index in [9.17, 15) is 4.79 Å². The van der Waals surface area contributed by atoms with Crippen LogP contribution in [0.1, 0.15) is 18.4 Å². The second-order valence-corrected chi connectivity index (χ2v) is 2.90. The molecule has 0 fully saturated rings. The number of benzene rings is 1. The lowest BCUT2D eigenvalue weighted by Crippen LogP contribution is -1.92. The number of hydrogen-bond donors (Lipinski definition) is 0. The van der Waals surface area contributed by atoms with Crippen molar-refractivity contribution in [3.63, 3.8) is 0 Å². The second kappa shape index (κ2) is 4.65. The minimum atomic E-state index is -0.0643. The molecule has 1 unspecified atom stereocenters. The lowest BCUT2D eigenvalue weighted by Gasteiger charge is -2.02. The summed E-state index contributed by atoms with van der Waals surface area (Å²) in [5, 5.41) is 2.29. The van der Waals surface area contributed by atoms with Crippen molar-refractivity contribution in [2.45, 2.75) is 12.8 Å². The van der Waals surface area contributed by atoms with Gasteiger partial charge in [0.15, 0.2) is 0 Å². The van der Waals surface area contributed by atoms with Crippen LogP contribution in [0.5, 0.6) is 0 Å². The standard InChI is InChI=1S/C10H9NOS/c1-8(6-12)9-2-4-10(5-3-9)11-7-13/h2-6,8H,1H3. The van der Waals surface area contributed by atoms with Crippen LogP contribution < -0.4 is 0 Å². The van der Waals surface area contributed by atoms with Gasteiger partial charge in [-0.2, -0.15) is 4.99 Å². The molecule has 0 aromatic heterocycles. The summed E-state index contributed by atoms with van der Waals surface area (Å²) in [5.74, 6) is -0.0643. The molecule has 0 spiro atoms. The van der Waals surface area contributed by atoms with E-state index in [-0.39, 0.29) is 5.92 Å². The van der Waals surface area contributed by atoms with Gasteiger partial charge < -0.3 is 4.79 Å². The molecule has 0 N–H and O–H groups in total. The first-order chi connectivity index (χ1) is 6.27. The third-order valence-electron chi connectivity index (χ3n) is 1.80. The highest BCUT2D eigenvalue weighted by molar-refractivity contribution is 7.78. The lowest BCUT2D eigenvalue weighted by molar-refractivity contribution is -0.108. The maximum absolute atomic E-state index is 10.5. The maximum atomic E-state index is 10.5. The predicted octanol–water partition coefficient (Wildman–Crippen LogP) is 2.72. The van der Waals surface area contributed by atoms with Crippen LogP contribution >= 0.6 is 12.2 Å². The number of rotatable bonds is 3. The maximum Gasteiger partial charge on any atom is 0.127 e. The van der Waals surface area contributed by atoms with Crippen LogP contribution in [-0.2, 0) is 4.79 Å². The Morgan fingerprint density at radius 1 is 1.46 bits per heavy atom. The van der Waals surface area contributed by atoms with Gasteiger partial charge in [0.2, 0.25) is 0 Å². The van der Waals surface area contributed by atoms with Gasteiger partial charge in [-0.1, -0.05) is 19.1 Å². The molecule has 0 saturated carbocycles. The molecule has 1 rings (SSSR count). The Bertz CT molecular complexity index is 338. The monoisotopic (exact) mass is 191 g/mol. The zero-order valence-electron chi connectivity index (χ0n) is 7.23. The number of carbonyl (C=O) groups is 1. The quantitative estimate of drug-likeness (QED) is 0.417. The van der Waals surface area contributed by atoms with Crippen molar-refractivity contribution in [3.8, 4) is 0 Å². The van der Waals surface area contributed by atoms with Crippen LogP contribution in [0.15, 0.2) is 29.3 Å². The van der Waals surface area contributed by atoms with Gasteiger partial charge >= 0.3 is 0 Å². The summed E-state index contributed by atoms with van der Waals surface area (Å²) < 4.78 is 0. The Kier molecular flexibility index (Phi) is 3.50. The molecule has 0 amide bonds. The molecule has 0 aliphatic carbocycles. The molecule has 1 aromatic carbocycles. The minimum Gasteiger partial charge on any atom is -0.303 e. The van der Waals surface area contributed by atoms with Gasteiger partial charge in [-0.3, -0.25) is 0 Å². The van der Waals surface area contributed by atoms with E-state index in [1.165, 1.54) is 0 Å². The summed E-state index contributed by atoms with van der Waals surface area (Å²) >= 11 is 4.47. The molecule has 2 nitrogen and oxygen atoms in total. The normalized spacial score (nSPS) is 11.5. The summed E-state index contributed by atoms with van der Waals surface area (Å²) in [6.07, 6.45) is 0.914. The SMILES string of the molecule is CC(C=O)c1ccc(N=C=S)cc1. The van der Waals surface area contributed by atoms with Crippen LogP contribution in [0.3, 0.4) is 0 Å². The fourth-order valence-electron chi connectivity index (χ4n) is 0.984. The third-order valence-corrected chi connectivity index (χ3v) is 1.89. The number of aldehydes is 1. The minimum absolute atomic E-state index is 0.0643. The summed E-state index contributed by atoms with van der Waals surface area (Å²) in [7, 11) is 0. The van der Waals surface area contributed by atoms with Gasteiger partial charge in [0, 0.05) is 5.92 Å². The van der Waals surface area contributed by atoms with E-state index < -0.39 is 0 Å². The topological polar surface area (TPSA) is 29.4 Å². The highest BCUT2D eigenvalue weighted by atomic mass is 32.1. The molecular weight excluding hydrogens is 182 g/mol. The zero-order chi connectivity index (χ0) is 9.68. The fraction of sp³-hybridized carbons (Fsp3) is 0.200. The van der Waals surface area contributed by atoms with E-state index in [4.69, 9.17) is 0 Å². The van der Waals surface area contributed by atoms with Crippen molar-refractivity contribution in [1.82, 2.24) is 0 Å². The average Bonchev–Trinajstić information content (AvgIpc) is 2.18. The summed E-state index contributed by atoms with van der Waals surface area (Å²) in [4.78, 5) is 14.3. The van der Waals surface area contributed by atoms with Crippen molar-refractivity contribution < 1.29 is 4.79 Å². The first kappa shape index (κ1) is 9.78. The number of carbonyl (C=O) groups excluding carboxylic acids is 1. The van der Waals surface area contributed by atoms with Gasteiger partial charge in [0.1, 0.15) is 6.29 Å². The number of hydrogen-bond acceptors (Lipinski definition) is 3. The van der Waals surface area contributed by atoms with Crippen LogP contribution in [0.25, 0.3) is 0 Å². The average molecular weight is 191 g/mol. The Balaban J connectivity index is 2.92. The lowest BCUT2D eigenvalue weighted by atomic mass is 10.0. The molecule has 0 radical (unpaired) electrons. The van der Waals surface area contributed by atoms with Crippen LogP contribution in [0.4, 0.5) is 5.69 Å². The van der Waals surface area contributed by atoms with Crippen LogP contribution in [0, 0.1) is 0 Å². The first-order valence-corrected chi connectivity index (χ1v) is 4.32. The number of aliphatic imine (C=N–C) groups is 1. The number of nitrogens with zero attached hydrogens (tertiary/aromatic N) is 1. The molecule has 13 heavy (non-hydrogen) atoms. The highest BCUT2D eigenvalue weighted by Gasteiger charge is 2.01. The van der Waals surface area contributed by atoms with Gasteiger partial charge in [-0.15, -0.1) is 0 Å². The van der Waals surface area contributed by atoms with Crippen molar-refractivity contribution in [2.24, 2.45) is 4.99 Å². The first-order valence-electron chi connectivity index (χ1n) is 3.91. The largest absolute Gasteiger partial charge is 0.303 e. The Labute approximate surface area is 82.3 Å². The van der Waals surface area contributed by atoms with E-state index in [1.54, 1.807) is 0 Å².